The van der Waals surface area contributed by atoms with Crippen LogP contribution in [0.25, 0.3) is 10.8 Å². The van der Waals surface area contributed by atoms with Gasteiger partial charge in [0, 0.05) is 0 Å². The Labute approximate surface area is 185 Å². The number of benzene rings is 2. The van der Waals surface area contributed by atoms with E-state index >= 15 is 0 Å². The lowest BCUT2D eigenvalue weighted by molar-refractivity contribution is -0.137. The van der Waals surface area contributed by atoms with E-state index < -0.39 is 11.7 Å². The first kappa shape index (κ1) is 22.7. The van der Waals surface area contributed by atoms with Gasteiger partial charge in [0.05, 0.1) is 5.56 Å². The highest BCUT2D eigenvalue weighted by molar-refractivity contribution is 5.84. The molecule has 170 valence electrons. The summed E-state index contributed by atoms with van der Waals surface area (Å²) in [5.74, 6) is 3.26. The average Bonchev–Trinajstić information content (AvgIpc) is 2.77. The summed E-state index contributed by atoms with van der Waals surface area (Å²) in [6, 6.07) is 10.2. The van der Waals surface area contributed by atoms with E-state index in [4.69, 9.17) is 0 Å². The number of rotatable bonds is 7. The minimum Gasteiger partial charge on any atom is -0.166 e. The molecule has 0 spiro atoms. The standard InChI is InChI=1S/C28H37F3/c1-2-3-4-5-6-7-20-8-9-22-17-23(11-10-21(22)16-20)24-12-13-26-19-27(28(29,30)31)15-14-25(26)18-24/h12-15,18-23H,2-11,16-17H2,1H3/t20-,21?,22-,23?/m1/s1. The van der Waals surface area contributed by atoms with Crippen molar-refractivity contribution in [3.8, 4) is 0 Å². The SMILES string of the molecule is CCCCCCC[C@@H]1CC[C@@H]2CC(c3ccc4cc(C(F)(F)F)ccc4c3)CCC2C1. The third-order valence-corrected chi connectivity index (χ3v) is 8.10. The summed E-state index contributed by atoms with van der Waals surface area (Å²) in [7, 11) is 0. The number of hydrogen-bond donors (Lipinski definition) is 0. The summed E-state index contributed by atoms with van der Waals surface area (Å²) in [6.45, 7) is 2.28. The molecule has 0 bridgehead atoms. The molecule has 0 nitrogen and oxygen atoms in total. The molecule has 0 heterocycles. The van der Waals surface area contributed by atoms with E-state index in [2.05, 4.69) is 19.1 Å². The molecule has 4 atom stereocenters. The van der Waals surface area contributed by atoms with Crippen LogP contribution in [0.2, 0.25) is 0 Å². The summed E-state index contributed by atoms with van der Waals surface area (Å²) in [5, 5.41) is 1.62. The van der Waals surface area contributed by atoms with Gasteiger partial charge in [0.1, 0.15) is 0 Å². The van der Waals surface area contributed by atoms with Crippen molar-refractivity contribution in [3.05, 3.63) is 47.5 Å². The van der Waals surface area contributed by atoms with E-state index in [1.54, 1.807) is 6.07 Å². The van der Waals surface area contributed by atoms with Crippen molar-refractivity contribution >= 4 is 10.8 Å². The molecule has 0 N–H and O–H groups in total. The molecule has 0 saturated heterocycles. The van der Waals surface area contributed by atoms with Crippen molar-refractivity contribution in [3.63, 3.8) is 0 Å². The topological polar surface area (TPSA) is 0 Å². The molecule has 2 saturated carbocycles. The lowest BCUT2D eigenvalue weighted by Crippen LogP contribution is -2.30. The predicted octanol–water partition coefficient (Wildman–Crippen LogP) is 9.52. The van der Waals surface area contributed by atoms with Crippen LogP contribution in [0.5, 0.6) is 0 Å². The van der Waals surface area contributed by atoms with Crippen molar-refractivity contribution in [2.75, 3.05) is 0 Å². The van der Waals surface area contributed by atoms with Crippen LogP contribution in [0.15, 0.2) is 36.4 Å². The number of unbranched alkanes of at least 4 members (excludes halogenated alkanes) is 4. The fourth-order valence-electron chi connectivity index (χ4n) is 6.28. The van der Waals surface area contributed by atoms with Crippen LogP contribution in [0, 0.1) is 17.8 Å². The van der Waals surface area contributed by atoms with Gasteiger partial charge in [0.25, 0.3) is 0 Å². The zero-order chi connectivity index (χ0) is 21.8. The van der Waals surface area contributed by atoms with E-state index in [9.17, 15) is 13.2 Å². The second-order valence-electron chi connectivity index (χ2n) is 10.2. The quantitative estimate of drug-likeness (QED) is 0.384. The number of alkyl halides is 3. The molecule has 31 heavy (non-hydrogen) atoms. The largest absolute Gasteiger partial charge is 0.416 e. The molecule has 2 aliphatic carbocycles. The third kappa shape index (κ3) is 5.65. The van der Waals surface area contributed by atoms with Gasteiger partial charge in [0.2, 0.25) is 0 Å². The first-order valence-electron chi connectivity index (χ1n) is 12.5. The Morgan fingerprint density at radius 1 is 0.774 bits per heavy atom. The molecule has 2 aromatic rings. The monoisotopic (exact) mass is 430 g/mol. The summed E-state index contributed by atoms with van der Waals surface area (Å²) >= 11 is 0. The Balaban J connectivity index is 1.33. The highest BCUT2D eigenvalue weighted by Crippen LogP contribution is 2.48. The van der Waals surface area contributed by atoms with Crippen LogP contribution in [0.1, 0.15) is 101 Å². The van der Waals surface area contributed by atoms with E-state index in [0.717, 1.165) is 23.1 Å². The van der Waals surface area contributed by atoms with E-state index in [-0.39, 0.29) is 0 Å². The zero-order valence-electron chi connectivity index (χ0n) is 18.9. The van der Waals surface area contributed by atoms with Crippen LogP contribution in [-0.4, -0.2) is 0 Å². The number of fused-ring (bicyclic) bond motifs is 2. The van der Waals surface area contributed by atoms with Gasteiger partial charge in [0.15, 0.2) is 0 Å². The van der Waals surface area contributed by atoms with E-state index in [1.807, 2.05) is 6.07 Å². The molecule has 2 aromatic carbocycles. The Bertz CT molecular complexity index is 853. The molecule has 3 heteroatoms. The maximum absolute atomic E-state index is 13.0. The molecule has 2 fully saturated rings. The molecule has 0 aromatic heterocycles. The van der Waals surface area contributed by atoms with Gasteiger partial charge in [-0.25, -0.2) is 0 Å². The Kier molecular flexibility index (Phi) is 7.29. The van der Waals surface area contributed by atoms with Crippen molar-refractivity contribution in [2.45, 2.75) is 96.1 Å². The summed E-state index contributed by atoms with van der Waals surface area (Å²) < 4.78 is 39.0. The van der Waals surface area contributed by atoms with Crippen LogP contribution in [-0.2, 0) is 6.18 Å². The fourth-order valence-corrected chi connectivity index (χ4v) is 6.28. The smallest absolute Gasteiger partial charge is 0.166 e. The minimum absolute atomic E-state index is 0.560. The van der Waals surface area contributed by atoms with Crippen LogP contribution in [0.3, 0.4) is 0 Å². The highest BCUT2D eigenvalue weighted by Gasteiger charge is 2.36. The molecule has 0 aliphatic heterocycles. The van der Waals surface area contributed by atoms with E-state index in [1.165, 1.54) is 94.7 Å². The zero-order valence-corrected chi connectivity index (χ0v) is 18.9. The van der Waals surface area contributed by atoms with Gasteiger partial charge < -0.3 is 0 Å². The molecule has 2 unspecified atom stereocenters. The van der Waals surface area contributed by atoms with Crippen molar-refractivity contribution in [1.29, 1.82) is 0 Å². The number of hydrogen-bond acceptors (Lipinski definition) is 0. The Morgan fingerprint density at radius 2 is 1.48 bits per heavy atom. The third-order valence-electron chi connectivity index (χ3n) is 8.10. The van der Waals surface area contributed by atoms with Gasteiger partial charge >= 0.3 is 6.18 Å². The molecular weight excluding hydrogens is 393 g/mol. The fraction of sp³-hybridized carbons (Fsp3) is 0.643. The van der Waals surface area contributed by atoms with Gasteiger partial charge in [-0.3, -0.25) is 0 Å². The lowest BCUT2D eigenvalue weighted by atomic mass is 9.63. The van der Waals surface area contributed by atoms with Crippen LogP contribution < -0.4 is 0 Å². The molecule has 0 amide bonds. The normalized spacial score (nSPS) is 26.7. The summed E-state index contributed by atoms with van der Waals surface area (Å²) in [4.78, 5) is 0. The minimum atomic E-state index is -4.28. The highest BCUT2D eigenvalue weighted by atomic mass is 19.4. The van der Waals surface area contributed by atoms with Crippen molar-refractivity contribution in [2.24, 2.45) is 17.8 Å². The summed E-state index contributed by atoms with van der Waals surface area (Å²) in [6.07, 6.45) is 12.1. The number of halogens is 3. The Hall–Kier alpha value is -1.51. The van der Waals surface area contributed by atoms with Crippen molar-refractivity contribution < 1.29 is 13.2 Å². The van der Waals surface area contributed by atoms with Gasteiger partial charge in [-0.1, -0.05) is 76.1 Å². The summed E-state index contributed by atoms with van der Waals surface area (Å²) in [5.41, 5.74) is 0.763. The Morgan fingerprint density at radius 3 is 2.29 bits per heavy atom. The van der Waals surface area contributed by atoms with E-state index in [0.29, 0.717) is 11.3 Å². The molecular formula is C28H37F3. The first-order valence-corrected chi connectivity index (χ1v) is 12.5. The molecule has 2 aliphatic rings. The van der Waals surface area contributed by atoms with Crippen LogP contribution in [0.4, 0.5) is 13.2 Å². The van der Waals surface area contributed by atoms with Gasteiger partial charge in [-0.2, -0.15) is 13.2 Å². The van der Waals surface area contributed by atoms with Crippen LogP contribution >= 0.6 is 0 Å². The van der Waals surface area contributed by atoms with Crippen molar-refractivity contribution in [1.82, 2.24) is 0 Å². The van der Waals surface area contributed by atoms with Gasteiger partial charge in [-0.05, 0) is 84.2 Å². The second kappa shape index (κ2) is 9.96. The maximum Gasteiger partial charge on any atom is 0.416 e. The lowest BCUT2D eigenvalue weighted by Gasteiger charge is -2.42. The predicted molar refractivity (Wildman–Crippen MR) is 123 cm³/mol. The first-order chi connectivity index (χ1) is 14.9. The second-order valence-corrected chi connectivity index (χ2v) is 10.2. The molecule has 4 rings (SSSR count). The molecule has 0 radical (unpaired) electrons. The average molecular weight is 431 g/mol. The van der Waals surface area contributed by atoms with Gasteiger partial charge in [-0.15, -0.1) is 0 Å². The maximum atomic E-state index is 13.0.